The van der Waals surface area contributed by atoms with Crippen molar-refractivity contribution < 1.29 is 13.7 Å². The lowest BCUT2D eigenvalue weighted by atomic mass is 9.90. The van der Waals surface area contributed by atoms with Gasteiger partial charge in [-0.25, -0.2) is 0 Å². The van der Waals surface area contributed by atoms with Crippen LogP contribution in [-0.4, -0.2) is 38.0 Å². The molecule has 5 rings (SSSR count). The van der Waals surface area contributed by atoms with E-state index in [1.54, 1.807) is 30.8 Å². The van der Waals surface area contributed by atoms with Crippen molar-refractivity contribution in [3.8, 4) is 11.4 Å². The van der Waals surface area contributed by atoms with Crippen molar-refractivity contribution in [2.75, 3.05) is 0 Å². The van der Waals surface area contributed by atoms with Crippen LogP contribution in [0.1, 0.15) is 48.0 Å². The summed E-state index contributed by atoms with van der Waals surface area (Å²) in [6.07, 6.45) is 8.69. The van der Waals surface area contributed by atoms with E-state index in [4.69, 9.17) is 8.94 Å². The van der Waals surface area contributed by atoms with Crippen molar-refractivity contribution in [3.05, 3.63) is 54.6 Å². The van der Waals surface area contributed by atoms with Crippen LogP contribution < -0.4 is 0 Å². The molecule has 0 aliphatic carbocycles. The molecule has 26 heavy (non-hydrogen) atoms. The van der Waals surface area contributed by atoms with E-state index in [1.165, 1.54) is 0 Å². The second-order valence-electron chi connectivity index (χ2n) is 6.94. The van der Waals surface area contributed by atoms with E-state index in [-0.39, 0.29) is 23.9 Å². The van der Waals surface area contributed by atoms with E-state index in [2.05, 4.69) is 15.1 Å². The van der Waals surface area contributed by atoms with Gasteiger partial charge in [0.15, 0.2) is 5.76 Å². The number of carbonyl (C=O) groups is 1. The van der Waals surface area contributed by atoms with Gasteiger partial charge in [-0.3, -0.25) is 9.78 Å². The van der Waals surface area contributed by atoms with Gasteiger partial charge in [0.25, 0.3) is 5.91 Å². The van der Waals surface area contributed by atoms with E-state index in [0.29, 0.717) is 17.5 Å². The molecule has 2 aliphatic rings. The third kappa shape index (κ3) is 2.51. The number of pyridine rings is 1. The number of amides is 1. The first-order valence-corrected chi connectivity index (χ1v) is 8.90. The van der Waals surface area contributed by atoms with E-state index in [0.717, 1.165) is 31.2 Å². The van der Waals surface area contributed by atoms with Crippen LogP contribution in [0.2, 0.25) is 0 Å². The molecule has 2 aliphatic heterocycles. The van der Waals surface area contributed by atoms with Gasteiger partial charge in [-0.15, -0.1) is 0 Å². The van der Waals surface area contributed by atoms with Gasteiger partial charge >= 0.3 is 0 Å². The van der Waals surface area contributed by atoms with E-state index < -0.39 is 0 Å². The van der Waals surface area contributed by atoms with Crippen molar-refractivity contribution >= 4 is 5.91 Å². The van der Waals surface area contributed by atoms with Gasteiger partial charge in [0, 0.05) is 36.0 Å². The van der Waals surface area contributed by atoms with Gasteiger partial charge in [0.2, 0.25) is 11.7 Å². The normalized spacial score (nSPS) is 24.8. The van der Waals surface area contributed by atoms with E-state index in [9.17, 15) is 4.79 Å². The highest BCUT2D eigenvalue weighted by Crippen LogP contribution is 2.43. The number of carbonyl (C=O) groups excluding carboxylic acids is 1. The van der Waals surface area contributed by atoms with Crippen LogP contribution in [0.4, 0.5) is 0 Å². The van der Waals surface area contributed by atoms with Gasteiger partial charge in [0.1, 0.15) is 0 Å². The Morgan fingerprint density at radius 1 is 1.12 bits per heavy atom. The smallest absolute Gasteiger partial charge is 0.290 e. The van der Waals surface area contributed by atoms with Crippen LogP contribution in [0.25, 0.3) is 11.4 Å². The summed E-state index contributed by atoms with van der Waals surface area (Å²) in [7, 11) is 0. The summed E-state index contributed by atoms with van der Waals surface area (Å²) in [6.45, 7) is 0. The Labute approximate surface area is 150 Å². The van der Waals surface area contributed by atoms with Crippen molar-refractivity contribution in [3.63, 3.8) is 0 Å². The van der Waals surface area contributed by atoms with Crippen LogP contribution in [0.3, 0.4) is 0 Å². The highest BCUT2D eigenvalue weighted by atomic mass is 16.5. The number of nitrogens with zero attached hydrogens (tertiary/aromatic N) is 4. The average molecular weight is 350 g/mol. The zero-order valence-corrected chi connectivity index (χ0v) is 14.1. The fourth-order valence-electron chi connectivity index (χ4n) is 4.26. The SMILES string of the molecule is O=C(c1ccco1)N1[C@@H]2CC[C@H]1CC(c1nc(-c3ccncc3)no1)C2. The Morgan fingerprint density at radius 2 is 1.88 bits per heavy atom. The topological polar surface area (TPSA) is 85.3 Å². The molecule has 3 atom stereocenters. The number of aromatic nitrogens is 3. The molecule has 1 unspecified atom stereocenters. The number of hydrogen-bond donors (Lipinski definition) is 0. The van der Waals surface area contributed by atoms with E-state index >= 15 is 0 Å². The molecule has 7 nitrogen and oxygen atoms in total. The molecular formula is C19H18N4O3. The minimum absolute atomic E-state index is 0.0102. The van der Waals surface area contributed by atoms with Gasteiger partial charge in [-0.2, -0.15) is 4.98 Å². The van der Waals surface area contributed by atoms with Crippen LogP contribution in [0.15, 0.2) is 51.9 Å². The van der Waals surface area contributed by atoms with Crippen LogP contribution in [-0.2, 0) is 0 Å². The molecule has 2 bridgehead atoms. The van der Waals surface area contributed by atoms with Gasteiger partial charge in [-0.05, 0) is 49.9 Å². The lowest BCUT2D eigenvalue weighted by molar-refractivity contribution is 0.0523. The Balaban J connectivity index is 1.35. The molecule has 132 valence electrons. The molecule has 7 heteroatoms. The van der Waals surface area contributed by atoms with Crippen molar-refractivity contribution in [2.45, 2.75) is 43.7 Å². The largest absolute Gasteiger partial charge is 0.459 e. The quantitative estimate of drug-likeness (QED) is 0.721. The summed E-state index contributed by atoms with van der Waals surface area (Å²) in [5, 5.41) is 4.12. The molecule has 0 spiro atoms. The molecule has 3 aromatic rings. The molecule has 2 fully saturated rings. The first kappa shape index (κ1) is 15.3. The average Bonchev–Trinajstić information content (AvgIpc) is 3.42. The van der Waals surface area contributed by atoms with E-state index in [1.807, 2.05) is 17.0 Å². The molecule has 2 saturated heterocycles. The standard InChI is InChI=1S/C19H18N4O3/c24-19(16-2-1-9-25-16)23-14-3-4-15(23)11-13(10-14)18-21-17(22-26-18)12-5-7-20-8-6-12/h1-2,5-9,13-15H,3-4,10-11H2/t13?,14-,15+. The molecule has 0 saturated carbocycles. The summed E-state index contributed by atoms with van der Waals surface area (Å²) in [5.41, 5.74) is 0.892. The first-order chi connectivity index (χ1) is 12.8. The van der Waals surface area contributed by atoms with Crippen molar-refractivity contribution in [1.82, 2.24) is 20.0 Å². The minimum Gasteiger partial charge on any atom is -0.459 e. The predicted molar refractivity (Wildman–Crippen MR) is 91.2 cm³/mol. The van der Waals surface area contributed by atoms with Gasteiger partial charge in [0.05, 0.1) is 6.26 Å². The Kier molecular flexibility index (Phi) is 3.58. The van der Waals surface area contributed by atoms with Gasteiger partial charge < -0.3 is 13.8 Å². The predicted octanol–water partition coefficient (Wildman–Crippen LogP) is 3.28. The zero-order chi connectivity index (χ0) is 17.5. The molecule has 0 radical (unpaired) electrons. The third-order valence-corrected chi connectivity index (χ3v) is 5.43. The molecular weight excluding hydrogens is 332 g/mol. The fourth-order valence-corrected chi connectivity index (χ4v) is 4.26. The molecule has 1 amide bonds. The number of rotatable bonds is 3. The molecule has 3 aromatic heterocycles. The number of furan rings is 1. The molecule has 5 heterocycles. The maximum atomic E-state index is 12.7. The maximum absolute atomic E-state index is 12.7. The number of hydrogen-bond acceptors (Lipinski definition) is 6. The minimum atomic E-state index is -0.0102. The zero-order valence-electron chi connectivity index (χ0n) is 14.1. The van der Waals surface area contributed by atoms with Crippen LogP contribution >= 0.6 is 0 Å². The fraction of sp³-hybridized carbons (Fsp3) is 0.368. The second kappa shape index (κ2) is 6.09. The first-order valence-electron chi connectivity index (χ1n) is 8.90. The second-order valence-corrected chi connectivity index (χ2v) is 6.94. The molecule has 0 aromatic carbocycles. The summed E-state index contributed by atoms with van der Waals surface area (Å²) >= 11 is 0. The summed E-state index contributed by atoms with van der Waals surface area (Å²) < 4.78 is 10.8. The Hall–Kier alpha value is -2.96. The third-order valence-electron chi connectivity index (χ3n) is 5.43. The lowest BCUT2D eigenvalue weighted by Gasteiger charge is -2.37. The van der Waals surface area contributed by atoms with Crippen LogP contribution in [0.5, 0.6) is 0 Å². The lowest BCUT2D eigenvalue weighted by Crippen LogP contribution is -2.46. The Bertz CT molecular complexity index is 892. The summed E-state index contributed by atoms with van der Waals surface area (Å²) in [6, 6.07) is 7.61. The number of piperidine rings is 1. The van der Waals surface area contributed by atoms with Crippen molar-refractivity contribution in [2.24, 2.45) is 0 Å². The Morgan fingerprint density at radius 3 is 2.58 bits per heavy atom. The molecule has 0 N–H and O–H groups in total. The van der Waals surface area contributed by atoms with Crippen LogP contribution in [0, 0.1) is 0 Å². The maximum Gasteiger partial charge on any atom is 0.290 e. The van der Waals surface area contributed by atoms with Gasteiger partial charge in [-0.1, -0.05) is 5.16 Å². The highest BCUT2D eigenvalue weighted by Gasteiger charge is 2.45. The number of fused-ring (bicyclic) bond motifs is 2. The van der Waals surface area contributed by atoms with Crippen molar-refractivity contribution in [1.29, 1.82) is 0 Å². The summed E-state index contributed by atoms with van der Waals surface area (Å²) in [4.78, 5) is 23.3. The monoisotopic (exact) mass is 350 g/mol. The summed E-state index contributed by atoms with van der Waals surface area (Å²) in [5.74, 6) is 1.85. The highest BCUT2D eigenvalue weighted by molar-refractivity contribution is 5.92.